The van der Waals surface area contributed by atoms with E-state index in [-0.39, 0.29) is 11.8 Å². The van der Waals surface area contributed by atoms with Crippen molar-refractivity contribution in [2.45, 2.75) is 26.3 Å². The largest absolute Gasteiger partial charge is 0.354 e. The summed E-state index contributed by atoms with van der Waals surface area (Å²) in [4.78, 5) is 11.5. The molecule has 0 bridgehead atoms. The van der Waals surface area contributed by atoms with E-state index in [2.05, 4.69) is 16.8 Å². The molecule has 0 spiro atoms. The van der Waals surface area contributed by atoms with E-state index < -0.39 is 6.04 Å². The second-order valence-electron chi connectivity index (χ2n) is 3.94. The molecule has 1 amide bonds. The molecule has 0 aromatic carbocycles. The molecule has 1 heterocycles. The van der Waals surface area contributed by atoms with E-state index in [1.54, 1.807) is 11.3 Å². The summed E-state index contributed by atoms with van der Waals surface area (Å²) in [6.45, 7) is 4.56. The molecule has 1 aromatic rings. The summed E-state index contributed by atoms with van der Waals surface area (Å²) < 4.78 is 0. The zero-order valence-corrected chi connectivity index (χ0v) is 10.0. The Labute approximate surface area is 94.7 Å². The molecule has 1 atom stereocenters. The summed E-state index contributed by atoms with van der Waals surface area (Å²) in [6.07, 6.45) is 0.875. The quantitative estimate of drug-likeness (QED) is 0.797. The monoisotopic (exact) mass is 226 g/mol. The zero-order valence-electron chi connectivity index (χ0n) is 9.19. The molecular weight excluding hydrogens is 208 g/mol. The van der Waals surface area contributed by atoms with Crippen molar-refractivity contribution in [2.75, 3.05) is 6.54 Å². The number of carbonyl (C=O) groups is 1. The van der Waals surface area contributed by atoms with Crippen molar-refractivity contribution in [1.29, 1.82) is 0 Å². The Kier molecular flexibility index (Phi) is 4.78. The highest BCUT2D eigenvalue weighted by molar-refractivity contribution is 7.07. The third kappa shape index (κ3) is 4.01. The summed E-state index contributed by atoms with van der Waals surface area (Å²) in [5.41, 5.74) is 6.97. The third-order valence-electron chi connectivity index (χ3n) is 2.31. The van der Waals surface area contributed by atoms with Gasteiger partial charge in [0.2, 0.25) is 5.91 Å². The Bertz CT molecular complexity index is 296. The number of hydrogen-bond acceptors (Lipinski definition) is 3. The van der Waals surface area contributed by atoms with Gasteiger partial charge in [0.15, 0.2) is 0 Å². The number of carbonyl (C=O) groups excluding carboxylic acids is 1. The van der Waals surface area contributed by atoms with Gasteiger partial charge in [0.25, 0.3) is 0 Å². The molecule has 1 rings (SSSR count). The average Bonchev–Trinajstić information content (AvgIpc) is 2.69. The Morgan fingerprint density at radius 1 is 1.60 bits per heavy atom. The van der Waals surface area contributed by atoms with Crippen LogP contribution in [0.25, 0.3) is 0 Å². The van der Waals surface area contributed by atoms with Gasteiger partial charge in [0.05, 0.1) is 6.04 Å². The maximum absolute atomic E-state index is 11.5. The summed E-state index contributed by atoms with van der Waals surface area (Å²) in [7, 11) is 0. The number of hydrogen-bond donors (Lipinski definition) is 2. The Hall–Kier alpha value is -0.870. The van der Waals surface area contributed by atoms with Gasteiger partial charge in [-0.3, -0.25) is 4.79 Å². The van der Waals surface area contributed by atoms with Crippen LogP contribution in [0.15, 0.2) is 16.8 Å². The molecule has 4 heteroatoms. The van der Waals surface area contributed by atoms with E-state index in [1.165, 1.54) is 5.56 Å². The van der Waals surface area contributed by atoms with E-state index >= 15 is 0 Å². The van der Waals surface area contributed by atoms with Crippen molar-refractivity contribution < 1.29 is 4.79 Å². The number of amides is 1. The average molecular weight is 226 g/mol. The van der Waals surface area contributed by atoms with Crippen LogP contribution < -0.4 is 11.1 Å². The van der Waals surface area contributed by atoms with Crippen molar-refractivity contribution in [1.82, 2.24) is 5.32 Å². The van der Waals surface area contributed by atoms with Gasteiger partial charge in [0, 0.05) is 6.54 Å². The first-order chi connectivity index (χ1) is 7.11. The molecule has 3 N–H and O–H groups in total. The highest BCUT2D eigenvalue weighted by Crippen LogP contribution is 2.05. The first kappa shape index (κ1) is 12.2. The lowest BCUT2D eigenvalue weighted by atomic mass is 10.1. The predicted molar refractivity (Wildman–Crippen MR) is 63.8 cm³/mol. The molecule has 0 aliphatic carbocycles. The Morgan fingerprint density at radius 3 is 2.87 bits per heavy atom. The number of rotatable bonds is 5. The number of thiophene rings is 1. The van der Waals surface area contributed by atoms with Crippen LogP contribution in [0.5, 0.6) is 0 Å². The van der Waals surface area contributed by atoms with E-state index in [4.69, 9.17) is 5.73 Å². The second-order valence-corrected chi connectivity index (χ2v) is 4.72. The van der Waals surface area contributed by atoms with Crippen molar-refractivity contribution in [3.05, 3.63) is 22.4 Å². The molecule has 3 nitrogen and oxygen atoms in total. The molecular formula is C11H18N2OS. The summed E-state index contributed by atoms with van der Waals surface area (Å²) >= 11 is 1.67. The normalized spacial score (nSPS) is 12.8. The van der Waals surface area contributed by atoms with Gasteiger partial charge >= 0.3 is 0 Å². The molecule has 0 saturated carbocycles. The van der Waals surface area contributed by atoms with Crippen molar-refractivity contribution >= 4 is 17.2 Å². The summed E-state index contributed by atoms with van der Waals surface area (Å²) in [5, 5.41) is 6.97. The minimum atomic E-state index is -0.396. The molecule has 1 aromatic heterocycles. The van der Waals surface area contributed by atoms with E-state index in [0.717, 1.165) is 6.42 Å². The van der Waals surface area contributed by atoms with Gasteiger partial charge in [-0.1, -0.05) is 13.8 Å². The topological polar surface area (TPSA) is 55.1 Å². The van der Waals surface area contributed by atoms with Gasteiger partial charge in [-0.2, -0.15) is 11.3 Å². The van der Waals surface area contributed by atoms with E-state index in [9.17, 15) is 4.79 Å². The van der Waals surface area contributed by atoms with Crippen molar-refractivity contribution in [2.24, 2.45) is 11.7 Å². The van der Waals surface area contributed by atoms with Crippen LogP contribution in [0.1, 0.15) is 19.4 Å². The second kappa shape index (κ2) is 5.88. The predicted octanol–water partition coefficient (Wildman–Crippen LogP) is 1.39. The maximum atomic E-state index is 11.5. The minimum Gasteiger partial charge on any atom is -0.354 e. The van der Waals surface area contributed by atoms with Crippen LogP contribution in [0.2, 0.25) is 0 Å². The first-order valence-electron chi connectivity index (χ1n) is 5.15. The molecule has 0 radical (unpaired) electrons. The van der Waals surface area contributed by atoms with Crippen LogP contribution in [-0.4, -0.2) is 18.5 Å². The standard InChI is InChI=1S/C11H18N2OS/c1-8(2)10(12)11(14)13-5-3-9-4-6-15-7-9/h4,6-8,10H,3,5,12H2,1-2H3,(H,13,14). The number of nitrogens with two attached hydrogens (primary N) is 1. The highest BCUT2D eigenvalue weighted by atomic mass is 32.1. The minimum absolute atomic E-state index is 0.0553. The van der Waals surface area contributed by atoms with Gasteiger partial charge in [0.1, 0.15) is 0 Å². The van der Waals surface area contributed by atoms with E-state index in [0.29, 0.717) is 6.54 Å². The fourth-order valence-electron chi connectivity index (χ4n) is 1.19. The maximum Gasteiger partial charge on any atom is 0.237 e. The smallest absolute Gasteiger partial charge is 0.237 e. The van der Waals surface area contributed by atoms with Crippen molar-refractivity contribution in [3.63, 3.8) is 0 Å². The van der Waals surface area contributed by atoms with Gasteiger partial charge in [-0.05, 0) is 34.7 Å². The Morgan fingerprint density at radius 2 is 2.33 bits per heavy atom. The first-order valence-corrected chi connectivity index (χ1v) is 6.10. The fraction of sp³-hybridized carbons (Fsp3) is 0.545. The molecule has 0 aliphatic rings. The molecule has 0 aliphatic heterocycles. The summed E-state index contributed by atoms with van der Waals surface area (Å²) in [5.74, 6) is 0.131. The van der Waals surface area contributed by atoms with Gasteiger partial charge in [-0.25, -0.2) is 0 Å². The highest BCUT2D eigenvalue weighted by Gasteiger charge is 2.15. The van der Waals surface area contributed by atoms with Crippen LogP contribution in [0, 0.1) is 5.92 Å². The zero-order chi connectivity index (χ0) is 11.3. The van der Waals surface area contributed by atoms with E-state index in [1.807, 2.05) is 19.2 Å². The van der Waals surface area contributed by atoms with Gasteiger partial charge in [-0.15, -0.1) is 0 Å². The summed E-state index contributed by atoms with van der Waals surface area (Å²) in [6, 6.07) is 1.67. The lowest BCUT2D eigenvalue weighted by Crippen LogP contribution is -2.44. The van der Waals surface area contributed by atoms with Crippen LogP contribution >= 0.6 is 11.3 Å². The van der Waals surface area contributed by atoms with Crippen LogP contribution in [0.3, 0.4) is 0 Å². The molecule has 1 unspecified atom stereocenters. The van der Waals surface area contributed by atoms with Crippen LogP contribution in [-0.2, 0) is 11.2 Å². The molecule has 84 valence electrons. The molecule has 0 saturated heterocycles. The molecule has 0 fully saturated rings. The Balaban J connectivity index is 2.23. The third-order valence-corrected chi connectivity index (χ3v) is 3.05. The molecule has 15 heavy (non-hydrogen) atoms. The fourth-order valence-corrected chi connectivity index (χ4v) is 1.89. The lowest BCUT2D eigenvalue weighted by Gasteiger charge is -2.14. The number of nitrogens with one attached hydrogen (secondary N) is 1. The SMILES string of the molecule is CC(C)C(N)C(=O)NCCc1ccsc1. The van der Waals surface area contributed by atoms with Crippen molar-refractivity contribution in [3.8, 4) is 0 Å². The lowest BCUT2D eigenvalue weighted by molar-refractivity contribution is -0.123. The van der Waals surface area contributed by atoms with Gasteiger partial charge < -0.3 is 11.1 Å². The van der Waals surface area contributed by atoms with Crippen LogP contribution in [0.4, 0.5) is 0 Å².